The Labute approximate surface area is 118 Å². The van der Waals surface area contributed by atoms with Gasteiger partial charge in [0.25, 0.3) is 0 Å². The van der Waals surface area contributed by atoms with Gasteiger partial charge in [0, 0.05) is 26.3 Å². The quantitative estimate of drug-likeness (QED) is 0.696. The molecule has 104 valence electrons. The highest BCUT2D eigenvalue weighted by Crippen LogP contribution is 2.11. The van der Waals surface area contributed by atoms with Crippen LogP contribution in [0.25, 0.3) is 11.0 Å². The molecule has 0 saturated heterocycles. The van der Waals surface area contributed by atoms with Crippen molar-refractivity contribution in [3.8, 4) is 0 Å². The maximum absolute atomic E-state index is 4.40. The van der Waals surface area contributed by atoms with Crippen molar-refractivity contribution >= 4 is 11.0 Å². The lowest BCUT2D eigenvalue weighted by Crippen LogP contribution is -2.17. The van der Waals surface area contributed by atoms with Crippen LogP contribution < -0.4 is 5.32 Å². The topological polar surface area (TPSA) is 47.7 Å². The van der Waals surface area contributed by atoms with E-state index in [1.165, 1.54) is 11.2 Å². The van der Waals surface area contributed by atoms with Crippen molar-refractivity contribution in [2.45, 2.75) is 19.5 Å². The van der Waals surface area contributed by atoms with Crippen LogP contribution in [-0.2, 0) is 20.1 Å². The second-order valence-corrected chi connectivity index (χ2v) is 4.95. The number of para-hydroxylation sites is 2. The molecule has 0 unspecified atom stereocenters. The highest BCUT2D eigenvalue weighted by Gasteiger charge is 2.01. The molecule has 2 aromatic heterocycles. The molecule has 1 N–H and O–H groups in total. The van der Waals surface area contributed by atoms with Crippen molar-refractivity contribution in [1.29, 1.82) is 0 Å². The van der Waals surface area contributed by atoms with Crippen molar-refractivity contribution in [3.05, 3.63) is 48.8 Å². The zero-order chi connectivity index (χ0) is 13.8. The predicted molar refractivity (Wildman–Crippen MR) is 79.3 cm³/mol. The van der Waals surface area contributed by atoms with Crippen molar-refractivity contribution in [2.24, 2.45) is 7.05 Å². The van der Waals surface area contributed by atoms with Gasteiger partial charge < -0.3 is 14.5 Å². The van der Waals surface area contributed by atoms with Crippen molar-refractivity contribution in [3.63, 3.8) is 0 Å². The first-order valence-corrected chi connectivity index (χ1v) is 6.90. The van der Waals surface area contributed by atoms with Gasteiger partial charge in [-0.25, -0.2) is 9.97 Å². The summed E-state index contributed by atoms with van der Waals surface area (Å²) in [7, 11) is 2.02. The van der Waals surface area contributed by atoms with Gasteiger partial charge in [0.1, 0.15) is 0 Å². The molecule has 0 saturated carbocycles. The van der Waals surface area contributed by atoms with Crippen LogP contribution in [0.5, 0.6) is 0 Å². The lowest BCUT2D eigenvalue weighted by atomic mass is 10.3. The van der Waals surface area contributed by atoms with Crippen molar-refractivity contribution < 1.29 is 0 Å². The summed E-state index contributed by atoms with van der Waals surface area (Å²) in [6.45, 7) is 2.83. The van der Waals surface area contributed by atoms with E-state index in [4.69, 9.17) is 0 Å². The monoisotopic (exact) mass is 269 g/mol. The van der Waals surface area contributed by atoms with Gasteiger partial charge in [-0.2, -0.15) is 0 Å². The van der Waals surface area contributed by atoms with E-state index >= 15 is 0 Å². The maximum atomic E-state index is 4.40. The number of nitrogens with zero attached hydrogens (tertiary/aromatic N) is 4. The van der Waals surface area contributed by atoms with Crippen LogP contribution in [0, 0.1) is 0 Å². The van der Waals surface area contributed by atoms with Crippen LogP contribution >= 0.6 is 0 Å². The Bertz CT molecular complexity index is 682. The summed E-state index contributed by atoms with van der Waals surface area (Å²) < 4.78 is 4.25. The Morgan fingerprint density at radius 3 is 2.95 bits per heavy atom. The molecule has 0 fully saturated rings. The molecule has 0 aliphatic rings. The molecule has 0 bridgehead atoms. The van der Waals surface area contributed by atoms with E-state index in [-0.39, 0.29) is 0 Å². The molecule has 0 atom stereocenters. The number of rotatable bonds is 6. The van der Waals surface area contributed by atoms with Gasteiger partial charge in [0.15, 0.2) is 0 Å². The van der Waals surface area contributed by atoms with Gasteiger partial charge in [0.2, 0.25) is 0 Å². The molecule has 5 heteroatoms. The molecule has 0 amide bonds. The summed E-state index contributed by atoms with van der Waals surface area (Å²) in [6.07, 6.45) is 6.73. The number of hydrogen-bond acceptors (Lipinski definition) is 3. The summed E-state index contributed by atoms with van der Waals surface area (Å²) in [5, 5.41) is 3.44. The smallest absolute Gasteiger partial charge is 0.0958 e. The predicted octanol–water partition coefficient (Wildman–Crippen LogP) is 1.95. The summed E-state index contributed by atoms with van der Waals surface area (Å²) in [6, 6.07) is 8.24. The lowest BCUT2D eigenvalue weighted by molar-refractivity contribution is 0.577. The third-order valence-corrected chi connectivity index (χ3v) is 3.50. The van der Waals surface area contributed by atoms with Gasteiger partial charge in [-0.05, 0) is 25.1 Å². The van der Waals surface area contributed by atoms with E-state index in [1.54, 1.807) is 0 Å². The van der Waals surface area contributed by atoms with E-state index < -0.39 is 0 Å². The molecule has 0 aliphatic carbocycles. The largest absolute Gasteiger partial charge is 0.337 e. The van der Waals surface area contributed by atoms with E-state index in [9.17, 15) is 0 Å². The van der Waals surface area contributed by atoms with Crippen molar-refractivity contribution in [2.75, 3.05) is 6.54 Å². The second-order valence-electron chi connectivity index (χ2n) is 4.95. The number of imidazole rings is 2. The van der Waals surface area contributed by atoms with E-state index in [0.717, 1.165) is 31.6 Å². The molecule has 1 aromatic carbocycles. The molecular formula is C15H19N5. The summed E-state index contributed by atoms with van der Waals surface area (Å²) in [5.41, 5.74) is 3.48. The Morgan fingerprint density at radius 1 is 1.20 bits per heavy atom. The Balaban J connectivity index is 1.47. The molecule has 0 aliphatic heterocycles. The highest BCUT2D eigenvalue weighted by atomic mass is 15.1. The van der Waals surface area contributed by atoms with Gasteiger partial charge in [-0.15, -0.1) is 0 Å². The van der Waals surface area contributed by atoms with Crippen LogP contribution in [0.3, 0.4) is 0 Å². The van der Waals surface area contributed by atoms with Crippen LogP contribution in [0.15, 0.2) is 43.1 Å². The third-order valence-electron chi connectivity index (χ3n) is 3.50. The number of aromatic nitrogens is 4. The first-order valence-electron chi connectivity index (χ1n) is 6.90. The lowest BCUT2D eigenvalue weighted by Gasteiger charge is -2.06. The molecule has 5 nitrogen and oxygen atoms in total. The molecule has 0 radical (unpaired) electrons. The molecule has 0 spiro atoms. The fourth-order valence-corrected chi connectivity index (χ4v) is 2.33. The molecule has 3 rings (SSSR count). The van der Waals surface area contributed by atoms with E-state index in [0.29, 0.717) is 0 Å². The average molecular weight is 269 g/mol. The van der Waals surface area contributed by atoms with Crippen LogP contribution in [0.2, 0.25) is 0 Å². The van der Waals surface area contributed by atoms with Gasteiger partial charge >= 0.3 is 0 Å². The minimum absolute atomic E-state index is 0.862. The average Bonchev–Trinajstić information content (AvgIpc) is 3.06. The van der Waals surface area contributed by atoms with E-state index in [1.807, 2.05) is 42.6 Å². The van der Waals surface area contributed by atoms with E-state index in [2.05, 4.69) is 32.0 Å². The number of benzene rings is 1. The van der Waals surface area contributed by atoms with Crippen LogP contribution in [0.1, 0.15) is 12.1 Å². The second kappa shape index (κ2) is 5.88. The number of hydrogen-bond donors (Lipinski definition) is 1. The van der Waals surface area contributed by atoms with Crippen molar-refractivity contribution in [1.82, 2.24) is 24.4 Å². The highest BCUT2D eigenvalue weighted by molar-refractivity contribution is 5.74. The Morgan fingerprint density at radius 2 is 2.10 bits per heavy atom. The fourth-order valence-electron chi connectivity index (χ4n) is 2.33. The number of nitrogens with one attached hydrogen (secondary N) is 1. The fraction of sp³-hybridized carbons (Fsp3) is 0.333. The van der Waals surface area contributed by atoms with Gasteiger partial charge in [0.05, 0.1) is 29.4 Å². The molecule has 3 aromatic rings. The Kier molecular flexibility index (Phi) is 3.78. The minimum atomic E-state index is 0.862. The zero-order valence-electron chi connectivity index (χ0n) is 11.7. The zero-order valence-corrected chi connectivity index (χ0v) is 11.7. The SMILES string of the molecule is Cn1cncc1CNCCCn1cnc2ccccc21. The standard InChI is InChI=1S/C15H19N5/c1-19-11-17-10-13(19)9-16-7-4-8-20-12-18-14-5-2-3-6-15(14)20/h2-3,5-6,10-12,16H,4,7-9H2,1H3. The first kappa shape index (κ1) is 12.9. The molecule has 2 heterocycles. The normalized spacial score (nSPS) is 11.2. The van der Waals surface area contributed by atoms with Gasteiger partial charge in [-0.3, -0.25) is 0 Å². The summed E-state index contributed by atoms with van der Waals surface area (Å²) in [5.74, 6) is 0. The maximum Gasteiger partial charge on any atom is 0.0958 e. The summed E-state index contributed by atoms with van der Waals surface area (Å²) >= 11 is 0. The molecule has 20 heavy (non-hydrogen) atoms. The van der Waals surface area contributed by atoms with Crippen LogP contribution in [0.4, 0.5) is 0 Å². The third kappa shape index (κ3) is 2.72. The number of fused-ring (bicyclic) bond motifs is 1. The summed E-state index contributed by atoms with van der Waals surface area (Å²) in [4.78, 5) is 8.51. The minimum Gasteiger partial charge on any atom is -0.337 e. The molecular weight excluding hydrogens is 250 g/mol. The Hall–Kier alpha value is -2.14. The number of aryl methyl sites for hydroxylation is 2. The first-order chi connectivity index (χ1) is 9.84. The van der Waals surface area contributed by atoms with Crippen LogP contribution in [-0.4, -0.2) is 25.6 Å². The van der Waals surface area contributed by atoms with Gasteiger partial charge in [-0.1, -0.05) is 12.1 Å².